The van der Waals surface area contributed by atoms with Crippen molar-refractivity contribution in [3.63, 3.8) is 0 Å². The first-order valence-corrected chi connectivity index (χ1v) is 6.30. The average Bonchev–Trinajstić information content (AvgIpc) is 2.62. The van der Waals surface area contributed by atoms with Crippen molar-refractivity contribution in [2.75, 3.05) is 33.4 Å². The van der Waals surface area contributed by atoms with Gasteiger partial charge in [-0.2, -0.15) is 0 Å². The van der Waals surface area contributed by atoms with Crippen LogP contribution < -0.4 is 10.6 Å². The molecular weight excluding hydrogens is 216 g/mol. The van der Waals surface area contributed by atoms with Crippen molar-refractivity contribution in [3.8, 4) is 0 Å². The third-order valence-electron chi connectivity index (χ3n) is 4.59. The lowest BCUT2D eigenvalue weighted by Gasteiger charge is -2.07. The molecule has 0 atom stereocenters. The second kappa shape index (κ2) is 5.36. The van der Waals surface area contributed by atoms with Gasteiger partial charge in [0.1, 0.15) is 0 Å². The van der Waals surface area contributed by atoms with Crippen LogP contribution in [0.2, 0.25) is 0 Å². The molecule has 1 aliphatic rings. The summed E-state index contributed by atoms with van der Waals surface area (Å²) in [6.45, 7) is 11.6. The molecule has 0 aromatic carbocycles. The Morgan fingerprint density at radius 2 is 1.82 bits per heavy atom. The highest BCUT2D eigenvalue weighted by atomic mass is 16.5. The first-order valence-electron chi connectivity index (χ1n) is 6.30. The smallest absolute Gasteiger partial charge is 0.233 e. The van der Waals surface area contributed by atoms with Gasteiger partial charge in [-0.3, -0.25) is 4.79 Å². The molecule has 1 aliphatic carbocycles. The lowest BCUT2D eigenvalue weighted by atomic mass is 10.0. The summed E-state index contributed by atoms with van der Waals surface area (Å²) in [6.07, 6.45) is 0. The van der Waals surface area contributed by atoms with Gasteiger partial charge in [-0.05, 0) is 16.7 Å². The van der Waals surface area contributed by atoms with E-state index in [1.165, 1.54) is 0 Å². The van der Waals surface area contributed by atoms with E-state index in [4.69, 9.17) is 4.74 Å². The van der Waals surface area contributed by atoms with Gasteiger partial charge in [-0.25, -0.2) is 0 Å². The summed E-state index contributed by atoms with van der Waals surface area (Å²) in [4.78, 5) is 11.5. The minimum Gasteiger partial charge on any atom is -0.383 e. The molecule has 1 fully saturated rings. The SMILES string of the molecule is COCCNCC(=O)NCC1C(C)(C)C1(C)C. The number of rotatable bonds is 7. The summed E-state index contributed by atoms with van der Waals surface area (Å²) in [5, 5.41) is 6.03. The molecule has 100 valence electrons. The molecule has 0 aliphatic heterocycles. The van der Waals surface area contributed by atoms with Crippen molar-refractivity contribution in [1.82, 2.24) is 10.6 Å². The summed E-state index contributed by atoms with van der Waals surface area (Å²) in [5.41, 5.74) is 0.674. The van der Waals surface area contributed by atoms with E-state index >= 15 is 0 Å². The van der Waals surface area contributed by atoms with Gasteiger partial charge in [0.2, 0.25) is 5.91 Å². The number of hydrogen-bond donors (Lipinski definition) is 2. The van der Waals surface area contributed by atoms with E-state index in [1.807, 2.05) is 0 Å². The van der Waals surface area contributed by atoms with Crippen LogP contribution in [0.4, 0.5) is 0 Å². The molecule has 0 aromatic rings. The Balaban J connectivity index is 2.14. The fourth-order valence-corrected chi connectivity index (χ4v) is 2.50. The summed E-state index contributed by atoms with van der Waals surface area (Å²) in [6, 6.07) is 0. The van der Waals surface area contributed by atoms with Crippen LogP contribution in [0, 0.1) is 16.7 Å². The van der Waals surface area contributed by atoms with Crippen LogP contribution in [0.15, 0.2) is 0 Å². The van der Waals surface area contributed by atoms with Crippen LogP contribution in [0.1, 0.15) is 27.7 Å². The van der Waals surface area contributed by atoms with Crippen molar-refractivity contribution in [2.45, 2.75) is 27.7 Å². The van der Waals surface area contributed by atoms with Gasteiger partial charge in [0, 0.05) is 20.2 Å². The topological polar surface area (TPSA) is 50.4 Å². The fourth-order valence-electron chi connectivity index (χ4n) is 2.50. The van der Waals surface area contributed by atoms with Crippen molar-refractivity contribution < 1.29 is 9.53 Å². The highest BCUT2D eigenvalue weighted by Crippen LogP contribution is 2.67. The minimum atomic E-state index is 0.0691. The number of methoxy groups -OCH3 is 1. The molecule has 1 rings (SSSR count). The van der Waals surface area contributed by atoms with Crippen molar-refractivity contribution >= 4 is 5.91 Å². The number of nitrogens with one attached hydrogen (secondary N) is 2. The monoisotopic (exact) mass is 242 g/mol. The molecule has 0 radical (unpaired) electrons. The molecule has 1 amide bonds. The summed E-state index contributed by atoms with van der Waals surface area (Å²) < 4.78 is 4.89. The van der Waals surface area contributed by atoms with Gasteiger partial charge in [0.15, 0.2) is 0 Å². The highest BCUT2D eigenvalue weighted by molar-refractivity contribution is 5.78. The first-order chi connectivity index (χ1) is 7.84. The maximum absolute atomic E-state index is 11.5. The number of carbonyl (C=O) groups excluding carboxylic acids is 1. The molecule has 0 spiro atoms. The minimum absolute atomic E-state index is 0.0691. The predicted octanol–water partition coefficient (Wildman–Crippen LogP) is 1.02. The van der Waals surface area contributed by atoms with Gasteiger partial charge < -0.3 is 15.4 Å². The molecule has 2 N–H and O–H groups in total. The van der Waals surface area contributed by atoms with Gasteiger partial charge in [0.25, 0.3) is 0 Å². The Morgan fingerprint density at radius 3 is 2.29 bits per heavy atom. The first kappa shape index (κ1) is 14.5. The van der Waals surface area contributed by atoms with Crippen LogP contribution in [0.5, 0.6) is 0 Å². The standard InChI is InChI=1S/C13H26N2O2/c1-12(2)10(13(12,3)4)8-15-11(16)9-14-6-7-17-5/h10,14H,6-9H2,1-5H3,(H,15,16). The van der Waals surface area contributed by atoms with E-state index in [9.17, 15) is 4.79 Å². The maximum Gasteiger partial charge on any atom is 0.233 e. The van der Waals surface area contributed by atoms with E-state index < -0.39 is 0 Å². The molecule has 1 saturated carbocycles. The molecule has 0 heterocycles. The zero-order valence-electron chi connectivity index (χ0n) is 11.7. The third kappa shape index (κ3) is 3.19. The van der Waals surface area contributed by atoms with Crippen molar-refractivity contribution in [2.24, 2.45) is 16.7 Å². The number of carbonyl (C=O) groups is 1. The highest BCUT2D eigenvalue weighted by Gasteiger charge is 2.64. The molecular formula is C13H26N2O2. The Hall–Kier alpha value is -0.610. The van der Waals surface area contributed by atoms with E-state index in [-0.39, 0.29) is 5.91 Å². The van der Waals surface area contributed by atoms with Crippen molar-refractivity contribution in [3.05, 3.63) is 0 Å². The summed E-state index contributed by atoms with van der Waals surface area (Å²) in [7, 11) is 1.65. The molecule has 0 aromatic heterocycles. The zero-order valence-corrected chi connectivity index (χ0v) is 11.7. The second-order valence-corrected chi connectivity index (χ2v) is 5.97. The van der Waals surface area contributed by atoms with Crippen LogP contribution >= 0.6 is 0 Å². The lowest BCUT2D eigenvalue weighted by Crippen LogP contribution is -2.36. The Labute approximate surface area is 104 Å². The Morgan fingerprint density at radius 1 is 1.24 bits per heavy atom. The second-order valence-electron chi connectivity index (χ2n) is 5.97. The van der Waals surface area contributed by atoms with Gasteiger partial charge in [-0.15, -0.1) is 0 Å². The van der Waals surface area contributed by atoms with Crippen LogP contribution in [-0.2, 0) is 9.53 Å². The summed E-state index contributed by atoms with van der Waals surface area (Å²) >= 11 is 0. The normalized spacial score (nSPS) is 21.2. The van der Waals surface area contributed by atoms with Crippen molar-refractivity contribution in [1.29, 1.82) is 0 Å². The van der Waals surface area contributed by atoms with Crippen LogP contribution in [0.3, 0.4) is 0 Å². The number of hydrogen-bond acceptors (Lipinski definition) is 3. The third-order valence-corrected chi connectivity index (χ3v) is 4.59. The largest absolute Gasteiger partial charge is 0.383 e. The predicted molar refractivity (Wildman–Crippen MR) is 68.8 cm³/mol. The Kier molecular flexibility index (Phi) is 4.55. The maximum atomic E-state index is 11.5. The lowest BCUT2D eigenvalue weighted by molar-refractivity contribution is -0.120. The molecule has 0 saturated heterocycles. The summed E-state index contributed by atoms with van der Waals surface area (Å²) in [5.74, 6) is 0.650. The fraction of sp³-hybridized carbons (Fsp3) is 0.923. The van der Waals surface area contributed by atoms with E-state index in [1.54, 1.807) is 7.11 Å². The molecule has 4 heteroatoms. The quantitative estimate of drug-likeness (QED) is 0.655. The molecule has 0 unspecified atom stereocenters. The van der Waals surface area contributed by atoms with Crippen LogP contribution in [-0.4, -0.2) is 39.3 Å². The van der Waals surface area contributed by atoms with E-state index in [0.717, 1.165) is 6.54 Å². The zero-order chi connectivity index (χ0) is 13.1. The van der Waals surface area contributed by atoms with Gasteiger partial charge >= 0.3 is 0 Å². The van der Waals surface area contributed by atoms with Crippen LogP contribution in [0.25, 0.3) is 0 Å². The number of amides is 1. The Bertz CT molecular complexity index is 261. The average molecular weight is 242 g/mol. The molecule has 4 nitrogen and oxygen atoms in total. The molecule has 0 bridgehead atoms. The van der Waals surface area contributed by atoms with E-state index in [2.05, 4.69) is 38.3 Å². The number of ether oxygens (including phenoxy) is 1. The van der Waals surface area contributed by atoms with Gasteiger partial charge in [-0.1, -0.05) is 27.7 Å². The molecule has 17 heavy (non-hydrogen) atoms. The van der Waals surface area contributed by atoms with E-state index in [0.29, 0.717) is 36.4 Å². The van der Waals surface area contributed by atoms with Gasteiger partial charge in [0.05, 0.1) is 13.2 Å².